The van der Waals surface area contributed by atoms with E-state index in [-0.39, 0.29) is 23.9 Å². The van der Waals surface area contributed by atoms with Gasteiger partial charge in [-0.15, -0.1) is 0 Å². The Balaban J connectivity index is 1.58. The molecule has 4 rings (SSSR count). The van der Waals surface area contributed by atoms with Crippen LogP contribution < -0.4 is 9.47 Å². The molecule has 1 amide bonds. The molecule has 3 aromatic rings. The summed E-state index contributed by atoms with van der Waals surface area (Å²) in [4.78, 5) is 30.3. The highest BCUT2D eigenvalue weighted by molar-refractivity contribution is 9.10. The number of carbonyl (C=O) groups excluding carboxylic acids is 1. The predicted octanol–water partition coefficient (Wildman–Crippen LogP) is 6.50. The molecule has 37 heavy (non-hydrogen) atoms. The third-order valence-corrected chi connectivity index (χ3v) is 6.95. The van der Waals surface area contributed by atoms with Crippen LogP contribution in [0.2, 0.25) is 0 Å². The summed E-state index contributed by atoms with van der Waals surface area (Å²) >= 11 is 4.72. The molecule has 1 fully saturated rings. The van der Waals surface area contributed by atoms with E-state index in [1.807, 2.05) is 6.92 Å². The summed E-state index contributed by atoms with van der Waals surface area (Å²) in [5, 5.41) is 9.53. The summed E-state index contributed by atoms with van der Waals surface area (Å²) in [6, 6.07) is 16.0. The Kier molecular flexibility index (Phi) is 8.30. The number of hydrogen-bond donors (Lipinski definition) is 1. The Morgan fingerprint density at radius 3 is 2.57 bits per heavy atom. The lowest BCUT2D eigenvalue weighted by Crippen LogP contribution is -2.23. The van der Waals surface area contributed by atoms with Gasteiger partial charge in [0, 0.05) is 12.6 Å². The highest BCUT2D eigenvalue weighted by atomic mass is 79.9. The van der Waals surface area contributed by atoms with E-state index in [1.54, 1.807) is 55.6 Å². The molecule has 0 unspecified atom stereocenters. The van der Waals surface area contributed by atoms with Crippen molar-refractivity contribution in [2.45, 2.75) is 13.5 Å². The molecule has 0 atom stereocenters. The molecule has 0 aliphatic carbocycles. The summed E-state index contributed by atoms with van der Waals surface area (Å²) < 4.78 is 26.3. The van der Waals surface area contributed by atoms with Gasteiger partial charge in [0.05, 0.1) is 27.2 Å². The topological polar surface area (TPSA) is 88.4 Å². The molecular weight excluding hydrogens is 563 g/mol. The van der Waals surface area contributed by atoms with Gasteiger partial charge in [0.15, 0.2) is 16.7 Å². The van der Waals surface area contributed by atoms with Gasteiger partial charge >= 0.3 is 5.97 Å². The number of amidine groups is 1. The van der Waals surface area contributed by atoms with E-state index in [4.69, 9.17) is 14.6 Å². The van der Waals surface area contributed by atoms with Gasteiger partial charge in [0.1, 0.15) is 12.4 Å². The van der Waals surface area contributed by atoms with Gasteiger partial charge in [-0.25, -0.2) is 14.2 Å². The summed E-state index contributed by atoms with van der Waals surface area (Å²) in [7, 11) is 1.63. The summed E-state index contributed by atoms with van der Waals surface area (Å²) in [6.07, 6.45) is 1.73. The van der Waals surface area contributed by atoms with Crippen LogP contribution in [-0.2, 0) is 11.4 Å². The third-order valence-electron chi connectivity index (χ3n) is 5.30. The van der Waals surface area contributed by atoms with E-state index in [0.29, 0.717) is 49.5 Å². The van der Waals surface area contributed by atoms with Crippen molar-refractivity contribution in [2.75, 3.05) is 13.7 Å². The average Bonchev–Trinajstić information content (AvgIpc) is 3.12. The summed E-state index contributed by atoms with van der Waals surface area (Å²) in [6.45, 7) is 2.26. The highest BCUT2D eigenvalue weighted by Gasteiger charge is 2.30. The Hall–Kier alpha value is -3.63. The van der Waals surface area contributed by atoms with Crippen molar-refractivity contribution in [3.63, 3.8) is 0 Å². The number of carbonyl (C=O) groups is 2. The SMILES string of the molecule is CCOc1cc(/C=C2\SC(=Nc3ccc(C(=O)O)cc3)N(C)C2=O)cc(Br)c1OCc1ccccc1F. The van der Waals surface area contributed by atoms with Crippen molar-refractivity contribution in [1.29, 1.82) is 0 Å². The van der Waals surface area contributed by atoms with E-state index >= 15 is 0 Å². The van der Waals surface area contributed by atoms with E-state index < -0.39 is 5.97 Å². The molecule has 0 spiro atoms. The first-order valence-electron chi connectivity index (χ1n) is 11.2. The maximum absolute atomic E-state index is 14.0. The van der Waals surface area contributed by atoms with Crippen molar-refractivity contribution in [1.82, 2.24) is 4.90 Å². The lowest BCUT2D eigenvalue weighted by atomic mass is 10.1. The largest absolute Gasteiger partial charge is 0.490 e. The molecular formula is C27H22BrFN2O5S. The van der Waals surface area contributed by atoms with Crippen molar-refractivity contribution in [2.24, 2.45) is 4.99 Å². The number of amides is 1. The second-order valence-electron chi connectivity index (χ2n) is 7.86. The minimum Gasteiger partial charge on any atom is -0.490 e. The van der Waals surface area contributed by atoms with Crippen LogP contribution >= 0.6 is 27.7 Å². The number of ether oxygens (including phenoxy) is 2. The molecule has 1 aliphatic heterocycles. The summed E-state index contributed by atoms with van der Waals surface area (Å²) in [5.41, 5.74) is 1.81. The van der Waals surface area contributed by atoms with Gasteiger partial charge in [-0.3, -0.25) is 9.69 Å². The molecule has 0 bridgehead atoms. The Bertz CT molecular complexity index is 1410. The van der Waals surface area contributed by atoms with Crippen LogP contribution in [0.1, 0.15) is 28.4 Å². The zero-order valence-corrected chi connectivity index (χ0v) is 22.3. The average molecular weight is 585 g/mol. The Labute approximate surface area is 225 Å². The molecule has 3 aromatic carbocycles. The first kappa shape index (κ1) is 26.4. The van der Waals surface area contributed by atoms with E-state index in [0.717, 1.165) is 0 Å². The molecule has 1 heterocycles. The number of aromatic carboxylic acids is 1. The second-order valence-corrected chi connectivity index (χ2v) is 9.73. The number of likely N-dealkylation sites (N-methyl/N-ethyl adjacent to an activating group) is 1. The second kappa shape index (κ2) is 11.6. The zero-order chi connectivity index (χ0) is 26.5. The molecule has 0 radical (unpaired) electrons. The van der Waals surface area contributed by atoms with Crippen LogP contribution in [0, 0.1) is 5.82 Å². The van der Waals surface area contributed by atoms with E-state index in [1.165, 1.54) is 34.9 Å². The fourth-order valence-electron chi connectivity index (χ4n) is 3.43. The number of carboxylic acids is 1. The third kappa shape index (κ3) is 6.20. The van der Waals surface area contributed by atoms with Crippen molar-refractivity contribution < 1.29 is 28.6 Å². The number of thioether (sulfide) groups is 1. The summed E-state index contributed by atoms with van der Waals surface area (Å²) in [5.74, 6) is -0.708. The fourth-order valence-corrected chi connectivity index (χ4v) is 4.99. The standard InChI is InChI=1S/C27H22BrFN2O5S/c1-3-35-22-13-16(12-20(28)24(22)36-15-18-6-4-5-7-21(18)29)14-23-25(32)31(2)27(37-23)30-19-10-8-17(9-11-19)26(33)34/h4-14H,3,15H2,1-2H3,(H,33,34)/b23-14-,30-27?. The molecule has 7 nitrogen and oxygen atoms in total. The van der Waals surface area contributed by atoms with E-state index in [2.05, 4.69) is 20.9 Å². The van der Waals surface area contributed by atoms with Crippen LogP contribution in [0.5, 0.6) is 11.5 Å². The fraction of sp³-hybridized carbons (Fsp3) is 0.148. The molecule has 1 saturated heterocycles. The number of rotatable bonds is 8. The van der Waals surface area contributed by atoms with Gasteiger partial charge in [0.25, 0.3) is 5.91 Å². The van der Waals surface area contributed by atoms with Crippen LogP contribution in [0.3, 0.4) is 0 Å². The molecule has 0 saturated carbocycles. The first-order chi connectivity index (χ1) is 17.8. The number of halogens is 2. The molecule has 190 valence electrons. The van der Waals surface area contributed by atoms with E-state index in [9.17, 15) is 14.0 Å². The minimum atomic E-state index is -1.02. The predicted molar refractivity (Wildman–Crippen MR) is 145 cm³/mol. The van der Waals surface area contributed by atoms with Crippen LogP contribution in [0.25, 0.3) is 6.08 Å². The molecule has 0 aromatic heterocycles. The normalized spacial score (nSPS) is 15.5. The highest BCUT2D eigenvalue weighted by Crippen LogP contribution is 2.40. The first-order valence-corrected chi connectivity index (χ1v) is 12.8. The number of hydrogen-bond acceptors (Lipinski definition) is 6. The number of nitrogens with zero attached hydrogens (tertiary/aromatic N) is 2. The van der Waals surface area contributed by atoms with Crippen molar-refractivity contribution in [3.05, 3.63) is 92.5 Å². The van der Waals surface area contributed by atoms with Gasteiger partial charge in [-0.1, -0.05) is 18.2 Å². The lowest BCUT2D eigenvalue weighted by Gasteiger charge is -2.15. The van der Waals surface area contributed by atoms with Crippen molar-refractivity contribution >= 4 is 56.5 Å². The van der Waals surface area contributed by atoms with Crippen LogP contribution in [-0.4, -0.2) is 40.7 Å². The van der Waals surface area contributed by atoms with Gasteiger partial charge < -0.3 is 14.6 Å². The van der Waals surface area contributed by atoms with Gasteiger partial charge in [-0.2, -0.15) is 0 Å². The number of carboxylic acid groups (broad SMARTS) is 1. The number of aliphatic imine (C=N–C) groups is 1. The van der Waals surface area contributed by atoms with Crippen molar-refractivity contribution in [3.8, 4) is 11.5 Å². The number of benzene rings is 3. The monoisotopic (exact) mass is 584 g/mol. The maximum Gasteiger partial charge on any atom is 0.335 e. The molecule has 1 N–H and O–H groups in total. The van der Waals surface area contributed by atoms with Crippen LogP contribution in [0.15, 0.2) is 75.0 Å². The molecule has 10 heteroatoms. The lowest BCUT2D eigenvalue weighted by molar-refractivity contribution is -0.121. The Morgan fingerprint density at radius 1 is 1.16 bits per heavy atom. The quantitative estimate of drug-likeness (QED) is 0.304. The van der Waals surface area contributed by atoms with Gasteiger partial charge in [0.2, 0.25) is 0 Å². The maximum atomic E-state index is 14.0. The Morgan fingerprint density at radius 2 is 1.89 bits per heavy atom. The zero-order valence-electron chi connectivity index (χ0n) is 19.9. The van der Waals surface area contributed by atoms with Gasteiger partial charge in [-0.05, 0) is 88.7 Å². The smallest absolute Gasteiger partial charge is 0.335 e. The molecule has 1 aliphatic rings. The minimum absolute atomic E-state index is 0.0260. The van der Waals surface area contributed by atoms with Crippen LogP contribution in [0.4, 0.5) is 10.1 Å².